The molecule has 1 aromatic heterocycles. The van der Waals surface area contributed by atoms with E-state index in [0.29, 0.717) is 17.2 Å². The van der Waals surface area contributed by atoms with Gasteiger partial charge >= 0.3 is 12.2 Å². The van der Waals surface area contributed by atoms with Crippen LogP contribution < -0.4 is 9.64 Å². The van der Waals surface area contributed by atoms with Gasteiger partial charge in [0.25, 0.3) is 5.88 Å². The molecule has 1 aromatic rings. The first-order chi connectivity index (χ1) is 12.9. The molecule has 0 aliphatic heterocycles. The molecule has 0 N–H and O–H groups in total. The summed E-state index contributed by atoms with van der Waals surface area (Å²) in [6, 6.07) is 0. The Morgan fingerprint density at radius 2 is 1.61 bits per heavy atom. The third-order valence-electron chi connectivity index (χ3n) is 2.80. The highest BCUT2D eigenvalue weighted by molar-refractivity contribution is 6.09. The molecular formula is C19H29N3O6. The maximum atomic E-state index is 12.7. The molecule has 0 spiro atoms. The maximum Gasteiger partial charge on any atom is 0.425 e. The number of rotatable bonds is 5. The first-order valence-corrected chi connectivity index (χ1v) is 8.83. The first-order valence-electron chi connectivity index (χ1n) is 8.83. The topological polar surface area (TPSA) is 100 Å². The Hall–Kier alpha value is -2.84. The molecule has 0 aromatic carbocycles. The summed E-state index contributed by atoms with van der Waals surface area (Å²) in [5.74, 6) is -0.185. The molecule has 156 valence electrons. The molecule has 0 saturated carbocycles. The summed E-state index contributed by atoms with van der Waals surface area (Å²) in [4.78, 5) is 34.5. The number of methoxy groups -OCH3 is 1. The second kappa shape index (κ2) is 9.38. The minimum Gasteiger partial charge on any atom is -0.501 e. The van der Waals surface area contributed by atoms with Crippen molar-refractivity contribution < 1.29 is 28.5 Å². The largest absolute Gasteiger partial charge is 0.501 e. The van der Waals surface area contributed by atoms with Crippen LogP contribution in [0.4, 0.5) is 15.4 Å². The molecule has 2 amide bonds. The Bertz CT molecular complexity index is 691. The van der Waals surface area contributed by atoms with E-state index in [9.17, 15) is 9.59 Å². The van der Waals surface area contributed by atoms with Crippen molar-refractivity contribution in [1.29, 1.82) is 0 Å². The van der Waals surface area contributed by atoms with Crippen LogP contribution in [0.15, 0.2) is 12.5 Å². The molecule has 0 aliphatic carbocycles. The van der Waals surface area contributed by atoms with Gasteiger partial charge in [-0.2, -0.15) is 4.90 Å². The molecule has 1 rings (SSSR count). The molecule has 0 bridgehead atoms. The number of imide groups is 1. The fraction of sp³-hybridized carbons (Fsp3) is 0.579. The van der Waals surface area contributed by atoms with E-state index in [2.05, 4.69) is 9.97 Å². The second-order valence-electron chi connectivity index (χ2n) is 7.68. The Morgan fingerprint density at radius 1 is 1.07 bits per heavy atom. The van der Waals surface area contributed by atoms with Gasteiger partial charge in [-0.15, -0.1) is 0 Å². The number of ether oxygens (including phenoxy) is 4. The fourth-order valence-corrected chi connectivity index (χ4v) is 1.83. The van der Waals surface area contributed by atoms with Crippen molar-refractivity contribution in [1.82, 2.24) is 9.97 Å². The predicted molar refractivity (Wildman–Crippen MR) is 104 cm³/mol. The lowest BCUT2D eigenvalue weighted by molar-refractivity contribution is 0.0427. The van der Waals surface area contributed by atoms with Crippen LogP contribution in [0.3, 0.4) is 0 Å². The summed E-state index contributed by atoms with van der Waals surface area (Å²) in [6.45, 7) is 12.5. The van der Waals surface area contributed by atoms with Crippen molar-refractivity contribution >= 4 is 24.1 Å². The normalized spacial score (nSPS) is 11.9. The summed E-state index contributed by atoms with van der Waals surface area (Å²) in [5.41, 5.74) is -1.25. The minimum absolute atomic E-state index is 0.0460. The smallest absolute Gasteiger partial charge is 0.425 e. The average Bonchev–Trinajstić information content (AvgIpc) is 2.52. The molecule has 28 heavy (non-hydrogen) atoms. The lowest BCUT2D eigenvalue weighted by Crippen LogP contribution is -2.44. The molecule has 0 saturated heterocycles. The molecule has 0 unspecified atom stereocenters. The van der Waals surface area contributed by atoms with E-state index < -0.39 is 23.4 Å². The summed E-state index contributed by atoms with van der Waals surface area (Å²) in [5, 5.41) is 0. The van der Waals surface area contributed by atoms with Crippen LogP contribution in [0.2, 0.25) is 0 Å². The van der Waals surface area contributed by atoms with Crippen molar-refractivity contribution in [2.75, 3.05) is 18.6 Å². The van der Waals surface area contributed by atoms with Gasteiger partial charge in [0.05, 0.1) is 31.9 Å². The highest BCUT2D eigenvalue weighted by atomic mass is 16.6. The molecule has 0 aliphatic rings. The van der Waals surface area contributed by atoms with Gasteiger partial charge in [0.1, 0.15) is 11.2 Å². The van der Waals surface area contributed by atoms with Crippen LogP contribution in [-0.4, -0.2) is 47.1 Å². The first kappa shape index (κ1) is 23.2. The van der Waals surface area contributed by atoms with E-state index in [4.69, 9.17) is 18.9 Å². The van der Waals surface area contributed by atoms with Crippen LogP contribution in [0.1, 0.15) is 54.2 Å². The van der Waals surface area contributed by atoms with Crippen LogP contribution in [-0.2, 0) is 14.2 Å². The Morgan fingerprint density at radius 3 is 2.04 bits per heavy atom. The van der Waals surface area contributed by atoms with Crippen LogP contribution >= 0.6 is 0 Å². The van der Waals surface area contributed by atoms with Gasteiger partial charge in [-0.25, -0.2) is 19.6 Å². The molecule has 0 radical (unpaired) electrons. The molecule has 0 fully saturated rings. The summed E-state index contributed by atoms with van der Waals surface area (Å²) in [6.07, 6.45) is 2.50. The number of aromatic nitrogens is 2. The van der Waals surface area contributed by atoms with Gasteiger partial charge in [0.15, 0.2) is 0 Å². The molecule has 1 heterocycles. The molecular weight excluding hydrogens is 366 g/mol. The number of hydrogen-bond donors (Lipinski definition) is 0. The van der Waals surface area contributed by atoms with Crippen LogP contribution in [0.5, 0.6) is 5.88 Å². The van der Waals surface area contributed by atoms with Crippen molar-refractivity contribution in [3.05, 3.63) is 18.2 Å². The van der Waals surface area contributed by atoms with Gasteiger partial charge in [0, 0.05) is 0 Å². The number of amides is 2. The summed E-state index contributed by atoms with van der Waals surface area (Å²) in [7, 11) is 1.35. The predicted octanol–water partition coefficient (Wildman–Crippen LogP) is 4.17. The standard InChI is InChI=1S/C19H29N3O6/c1-9-26-11-10-13-12-20-14(15(21-13)25-8)22(16(23)27-18(2,3)4)17(24)28-19(5,6)7/h10-12H,9H2,1-8H3/b11-10+. The van der Waals surface area contributed by atoms with E-state index in [1.165, 1.54) is 19.6 Å². The second-order valence-corrected chi connectivity index (χ2v) is 7.68. The lowest BCUT2D eigenvalue weighted by atomic mass is 10.2. The zero-order chi connectivity index (χ0) is 21.5. The van der Waals surface area contributed by atoms with E-state index in [-0.39, 0.29) is 11.7 Å². The number of nitrogens with zero attached hydrogens (tertiary/aromatic N) is 3. The number of hydrogen-bond acceptors (Lipinski definition) is 8. The van der Waals surface area contributed by atoms with Gasteiger partial charge in [-0.05, 0) is 54.5 Å². The zero-order valence-corrected chi connectivity index (χ0v) is 17.7. The Kier molecular flexibility index (Phi) is 7.78. The van der Waals surface area contributed by atoms with Crippen molar-refractivity contribution in [3.63, 3.8) is 0 Å². The number of carbonyl (C=O) groups is 2. The number of anilines is 1. The summed E-state index contributed by atoms with van der Waals surface area (Å²) < 4.78 is 21.0. The molecule has 0 atom stereocenters. The third-order valence-corrected chi connectivity index (χ3v) is 2.80. The lowest BCUT2D eigenvalue weighted by Gasteiger charge is -2.28. The zero-order valence-electron chi connectivity index (χ0n) is 17.7. The van der Waals surface area contributed by atoms with Crippen molar-refractivity contribution in [2.45, 2.75) is 59.7 Å². The highest BCUT2D eigenvalue weighted by Crippen LogP contribution is 2.27. The Balaban J connectivity index is 3.35. The van der Waals surface area contributed by atoms with E-state index in [0.717, 1.165) is 0 Å². The molecule has 9 nitrogen and oxygen atoms in total. The Labute approximate surface area is 165 Å². The van der Waals surface area contributed by atoms with E-state index in [1.807, 2.05) is 6.92 Å². The quantitative estimate of drug-likeness (QED) is 0.685. The fourth-order valence-electron chi connectivity index (χ4n) is 1.83. The average molecular weight is 395 g/mol. The SMILES string of the molecule is CCO/C=C/c1cnc(N(C(=O)OC(C)(C)C)C(=O)OC(C)(C)C)c(OC)n1. The van der Waals surface area contributed by atoms with Gasteiger partial charge in [-0.3, -0.25) is 0 Å². The van der Waals surface area contributed by atoms with Crippen LogP contribution in [0.25, 0.3) is 6.08 Å². The van der Waals surface area contributed by atoms with Gasteiger partial charge < -0.3 is 18.9 Å². The van der Waals surface area contributed by atoms with Crippen LogP contribution in [0, 0.1) is 0 Å². The van der Waals surface area contributed by atoms with E-state index in [1.54, 1.807) is 47.6 Å². The third kappa shape index (κ3) is 7.42. The monoisotopic (exact) mass is 395 g/mol. The van der Waals surface area contributed by atoms with Crippen molar-refractivity contribution in [3.8, 4) is 5.88 Å². The molecule has 9 heteroatoms. The van der Waals surface area contributed by atoms with E-state index >= 15 is 0 Å². The highest BCUT2D eigenvalue weighted by Gasteiger charge is 2.36. The maximum absolute atomic E-state index is 12.7. The van der Waals surface area contributed by atoms with Crippen molar-refractivity contribution in [2.24, 2.45) is 0 Å². The minimum atomic E-state index is -0.952. The van der Waals surface area contributed by atoms with Gasteiger partial charge in [-0.1, -0.05) is 0 Å². The van der Waals surface area contributed by atoms with Gasteiger partial charge in [0.2, 0.25) is 5.82 Å². The summed E-state index contributed by atoms with van der Waals surface area (Å²) >= 11 is 0. The number of carbonyl (C=O) groups excluding carboxylic acids is 2.